The Morgan fingerprint density at radius 2 is 1.44 bits per heavy atom. The zero-order chi connectivity index (χ0) is 23.0. The van der Waals surface area contributed by atoms with Crippen LogP contribution in [0.3, 0.4) is 0 Å². The molecule has 2 amide bonds. The third-order valence-corrected chi connectivity index (χ3v) is 5.76. The second-order valence-electron chi connectivity index (χ2n) is 7.70. The molecule has 0 bridgehead atoms. The van der Waals surface area contributed by atoms with Crippen LogP contribution in [0.25, 0.3) is 5.57 Å². The smallest absolute Gasteiger partial charge is 0.282 e. The molecule has 5 nitrogen and oxygen atoms in total. The second kappa shape index (κ2) is 8.69. The van der Waals surface area contributed by atoms with Crippen LogP contribution >= 0.6 is 23.2 Å². The lowest BCUT2D eigenvalue weighted by atomic mass is 10.0. The molecule has 1 aliphatic rings. The SMILES string of the molecule is Cc1cc(Cl)ccc1N1C(=O)C(Nc2ccc(N(C)C)cc2)=C(c2ccc(Cl)cc2)C1=O. The molecule has 0 aromatic heterocycles. The monoisotopic (exact) mass is 465 g/mol. The summed E-state index contributed by atoms with van der Waals surface area (Å²) < 4.78 is 0. The van der Waals surface area contributed by atoms with E-state index in [0.29, 0.717) is 27.0 Å². The van der Waals surface area contributed by atoms with Crippen LogP contribution in [0.5, 0.6) is 0 Å². The molecule has 0 saturated carbocycles. The van der Waals surface area contributed by atoms with Gasteiger partial charge in [0.1, 0.15) is 5.70 Å². The van der Waals surface area contributed by atoms with E-state index in [2.05, 4.69) is 5.32 Å². The Kier molecular flexibility index (Phi) is 5.96. The largest absolute Gasteiger partial charge is 0.378 e. The standard InChI is InChI=1S/C25H21Cl2N3O2/c1-15-14-18(27)8-13-21(15)30-24(31)22(16-4-6-17(26)7-5-16)23(25(30)32)28-19-9-11-20(12-10-19)29(2)3/h4-14,28H,1-3H3. The summed E-state index contributed by atoms with van der Waals surface area (Å²) in [6.45, 7) is 1.81. The van der Waals surface area contributed by atoms with E-state index in [1.165, 1.54) is 4.90 Å². The van der Waals surface area contributed by atoms with Crippen LogP contribution in [0.15, 0.2) is 72.4 Å². The number of nitrogens with zero attached hydrogens (tertiary/aromatic N) is 2. The minimum Gasteiger partial charge on any atom is -0.378 e. The van der Waals surface area contributed by atoms with Gasteiger partial charge in [-0.05, 0) is 72.6 Å². The highest BCUT2D eigenvalue weighted by atomic mass is 35.5. The van der Waals surface area contributed by atoms with Crippen molar-refractivity contribution in [1.29, 1.82) is 0 Å². The fraction of sp³-hybridized carbons (Fsp3) is 0.120. The van der Waals surface area contributed by atoms with Gasteiger partial charge in [-0.2, -0.15) is 0 Å². The molecule has 1 N–H and O–H groups in total. The minimum atomic E-state index is -0.429. The van der Waals surface area contributed by atoms with Gasteiger partial charge in [0, 0.05) is 35.5 Å². The molecule has 3 aromatic carbocycles. The highest BCUT2D eigenvalue weighted by Gasteiger charge is 2.40. The molecular formula is C25H21Cl2N3O2. The third kappa shape index (κ3) is 4.09. The average molecular weight is 466 g/mol. The third-order valence-electron chi connectivity index (χ3n) is 5.27. The number of carbonyl (C=O) groups is 2. The molecule has 3 aromatic rings. The van der Waals surface area contributed by atoms with Crippen molar-refractivity contribution in [3.8, 4) is 0 Å². The molecule has 32 heavy (non-hydrogen) atoms. The first-order valence-corrected chi connectivity index (χ1v) is 10.7. The number of halogens is 2. The van der Waals surface area contributed by atoms with Crippen molar-refractivity contribution in [3.63, 3.8) is 0 Å². The van der Waals surface area contributed by atoms with E-state index in [9.17, 15) is 9.59 Å². The summed E-state index contributed by atoms with van der Waals surface area (Å²) in [4.78, 5) is 30.2. The first kappa shape index (κ1) is 21.9. The Morgan fingerprint density at radius 3 is 2.03 bits per heavy atom. The van der Waals surface area contributed by atoms with E-state index in [1.807, 2.05) is 50.2 Å². The van der Waals surface area contributed by atoms with Gasteiger partial charge in [-0.15, -0.1) is 0 Å². The summed E-state index contributed by atoms with van der Waals surface area (Å²) >= 11 is 12.1. The predicted octanol–water partition coefficient (Wildman–Crippen LogP) is 5.76. The normalized spacial score (nSPS) is 13.7. The van der Waals surface area contributed by atoms with Gasteiger partial charge < -0.3 is 10.2 Å². The van der Waals surface area contributed by atoms with Gasteiger partial charge in [-0.1, -0.05) is 35.3 Å². The molecule has 7 heteroatoms. The lowest BCUT2D eigenvalue weighted by Gasteiger charge is -2.18. The van der Waals surface area contributed by atoms with Crippen molar-refractivity contribution >= 4 is 57.7 Å². The van der Waals surface area contributed by atoms with Gasteiger partial charge in [0.05, 0.1) is 11.3 Å². The molecular weight excluding hydrogens is 445 g/mol. The molecule has 162 valence electrons. The van der Waals surface area contributed by atoms with Crippen molar-refractivity contribution in [2.45, 2.75) is 6.92 Å². The average Bonchev–Trinajstić information content (AvgIpc) is 2.99. The van der Waals surface area contributed by atoms with Crippen molar-refractivity contribution in [1.82, 2.24) is 0 Å². The van der Waals surface area contributed by atoms with E-state index in [-0.39, 0.29) is 11.3 Å². The van der Waals surface area contributed by atoms with Gasteiger partial charge in [0.2, 0.25) is 0 Å². The first-order chi connectivity index (χ1) is 15.3. The fourth-order valence-corrected chi connectivity index (χ4v) is 3.96. The molecule has 1 aliphatic heterocycles. The molecule has 0 saturated heterocycles. The molecule has 0 atom stereocenters. The van der Waals surface area contributed by atoms with Crippen LogP contribution in [0.2, 0.25) is 10.0 Å². The summed E-state index contributed by atoms with van der Waals surface area (Å²) in [5.74, 6) is -0.836. The summed E-state index contributed by atoms with van der Waals surface area (Å²) in [5, 5.41) is 4.26. The topological polar surface area (TPSA) is 52.7 Å². The van der Waals surface area contributed by atoms with Gasteiger partial charge in [-0.3, -0.25) is 9.59 Å². The van der Waals surface area contributed by atoms with Crippen LogP contribution in [-0.4, -0.2) is 25.9 Å². The second-order valence-corrected chi connectivity index (χ2v) is 8.57. The minimum absolute atomic E-state index is 0.212. The first-order valence-electron chi connectivity index (χ1n) is 9.96. The van der Waals surface area contributed by atoms with Crippen LogP contribution in [0.1, 0.15) is 11.1 Å². The van der Waals surface area contributed by atoms with Crippen molar-refractivity contribution in [2.75, 3.05) is 29.2 Å². The Balaban J connectivity index is 1.80. The van der Waals surface area contributed by atoms with Gasteiger partial charge in [0.25, 0.3) is 11.8 Å². The lowest BCUT2D eigenvalue weighted by molar-refractivity contribution is -0.120. The highest BCUT2D eigenvalue weighted by Crippen LogP contribution is 2.36. The van der Waals surface area contributed by atoms with Crippen molar-refractivity contribution in [3.05, 3.63) is 93.6 Å². The van der Waals surface area contributed by atoms with E-state index in [1.54, 1.807) is 42.5 Å². The Morgan fingerprint density at radius 1 is 0.812 bits per heavy atom. The maximum Gasteiger partial charge on any atom is 0.282 e. The quantitative estimate of drug-likeness (QED) is 0.486. The highest BCUT2D eigenvalue weighted by molar-refractivity contribution is 6.46. The number of anilines is 3. The number of hydrogen-bond donors (Lipinski definition) is 1. The number of hydrogen-bond acceptors (Lipinski definition) is 4. The molecule has 1 heterocycles. The number of rotatable bonds is 5. The lowest BCUT2D eigenvalue weighted by Crippen LogP contribution is -2.33. The molecule has 0 radical (unpaired) electrons. The Hall–Kier alpha value is -3.28. The summed E-state index contributed by atoms with van der Waals surface area (Å²) in [7, 11) is 3.91. The number of benzene rings is 3. The number of carbonyl (C=O) groups excluding carboxylic acids is 2. The van der Waals surface area contributed by atoms with Crippen LogP contribution in [0, 0.1) is 6.92 Å². The number of amides is 2. The van der Waals surface area contributed by atoms with Crippen LogP contribution in [0.4, 0.5) is 17.1 Å². The summed E-state index contributed by atoms with van der Waals surface area (Å²) in [6, 6.07) is 19.6. The van der Waals surface area contributed by atoms with Gasteiger partial charge in [-0.25, -0.2) is 4.90 Å². The number of imide groups is 1. The summed E-state index contributed by atoms with van der Waals surface area (Å²) in [5.41, 5.74) is 4.06. The van der Waals surface area contributed by atoms with E-state index >= 15 is 0 Å². The Labute approximate surface area is 196 Å². The predicted molar refractivity (Wildman–Crippen MR) is 131 cm³/mol. The summed E-state index contributed by atoms with van der Waals surface area (Å²) in [6.07, 6.45) is 0. The zero-order valence-corrected chi connectivity index (χ0v) is 19.3. The molecule has 0 unspecified atom stereocenters. The number of aryl methyl sites for hydroxylation is 1. The maximum atomic E-state index is 13.5. The van der Waals surface area contributed by atoms with Crippen LogP contribution < -0.4 is 15.1 Å². The Bertz CT molecular complexity index is 1230. The van der Waals surface area contributed by atoms with E-state index in [0.717, 1.165) is 11.3 Å². The molecule has 0 fully saturated rings. The van der Waals surface area contributed by atoms with E-state index < -0.39 is 11.8 Å². The molecule has 0 aliphatic carbocycles. The van der Waals surface area contributed by atoms with Gasteiger partial charge >= 0.3 is 0 Å². The fourth-order valence-electron chi connectivity index (χ4n) is 3.61. The van der Waals surface area contributed by atoms with Crippen LogP contribution in [-0.2, 0) is 9.59 Å². The van der Waals surface area contributed by atoms with Gasteiger partial charge in [0.15, 0.2) is 0 Å². The zero-order valence-electron chi connectivity index (χ0n) is 17.8. The molecule has 4 rings (SSSR count). The van der Waals surface area contributed by atoms with Crippen molar-refractivity contribution < 1.29 is 9.59 Å². The number of nitrogens with one attached hydrogen (secondary N) is 1. The molecule has 0 spiro atoms. The van der Waals surface area contributed by atoms with E-state index in [4.69, 9.17) is 23.2 Å². The van der Waals surface area contributed by atoms with Crippen molar-refractivity contribution in [2.24, 2.45) is 0 Å². The maximum absolute atomic E-state index is 13.5.